The fourth-order valence-electron chi connectivity index (χ4n) is 0.240. The normalized spacial score (nSPS) is 8.67. The average molecular weight is 166 g/mol. The third-order valence-corrected chi connectivity index (χ3v) is 0.832. The lowest BCUT2D eigenvalue weighted by atomic mass is 10.5. The molecule has 0 fully saturated rings. The van der Waals surface area contributed by atoms with Crippen LogP contribution in [0.15, 0.2) is 0 Å². The van der Waals surface area contributed by atoms with Gasteiger partial charge in [0.05, 0.1) is 6.42 Å². The lowest BCUT2D eigenvalue weighted by molar-refractivity contribution is -0.135. The summed E-state index contributed by atoms with van der Waals surface area (Å²) in [5.74, 6) is -0.218. The standard InChI is InChI=1S/C4H6O3S2/c5-3(1-2-8)7-4(6)9/h8H,1-2H2,(H,6,9). The van der Waals surface area contributed by atoms with Gasteiger partial charge in [0.2, 0.25) is 0 Å². The molecule has 0 aliphatic rings. The molecule has 0 aromatic heterocycles. The van der Waals surface area contributed by atoms with E-state index in [1.807, 2.05) is 0 Å². The summed E-state index contributed by atoms with van der Waals surface area (Å²) >= 11 is 6.97. The van der Waals surface area contributed by atoms with Crippen molar-refractivity contribution in [3.05, 3.63) is 0 Å². The smallest absolute Gasteiger partial charge is 0.371 e. The highest BCUT2D eigenvalue weighted by Gasteiger charge is 2.03. The molecule has 0 saturated heterocycles. The van der Waals surface area contributed by atoms with E-state index in [4.69, 9.17) is 0 Å². The minimum absolute atomic E-state index is 0.134. The second kappa shape index (κ2) is 4.69. The molecule has 0 aliphatic heterocycles. The van der Waals surface area contributed by atoms with Gasteiger partial charge in [0, 0.05) is 5.75 Å². The number of hydrogen-bond acceptors (Lipinski definition) is 4. The maximum absolute atomic E-state index is 10.3. The predicted molar refractivity (Wildman–Crippen MR) is 38.9 cm³/mol. The summed E-state index contributed by atoms with van der Waals surface area (Å²) in [6.45, 7) is 0. The molecule has 3 nitrogen and oxygen atoms in total. The van der Waals surface area contributed by atoms with Crippen LogP contribution in [-0.4, -0.2) is 17.0 Å². The minimum Gasteiger partial charge on any atom is -0.385 e. The van der Waals surface area contributed by atoms with Gasteiger partial charge in [0.25, 0.3) is 0 Å². The number of carbonyl (C=O) groups is 2. The van der Waals surface area contributed by atoms with E-state index >= 15 is 0 Å². The molecule has 0 aromatic carbocycles. The van der Waals surface area contributed by atoms with Crippen LogP contribution in [0.4, 0.5) is 4.79 Å². The zero-order valence-electron chi connectivity index (χ0n) is 4.53. The molecule has 0 amide bonds. The van der Waals surface area contributed by atoms with Crippen LogP contribution in [0.25, 0.3) is 0 Å². The van der Waals surface area contributed by atoms with Crippen LogP contribution in [0.3, 0.4) is 0 Å². The number of ether oxygens (including phenoxy) is 1. The van der Waals surface area contributed by atoms with Crippen LogP contribution in [0.5, 0.6) is 0 Å². The van der Waals surface area contributed by atoms with Gasteiger partial charge in [-0.25, -0.2) is 4.79 Å². The Hall–Kier alpha value is -0.160. The van der Waals surface area contributed by atoms with Crippen molar-refractivity contribution in [1.82, 2.24) is 0 Å². The first-order valence-corrected chi connectivity index (χ1v) is 3.29. The van der Waals surface area contributed by atoms with Crippen LogP contribution in [0.1, 0.15) is 6.42 Å². The molecule has 0 heterocycles. The maximum atomic E-state index is 10.3. The molecule has 0 atom stereocenters. The fraction of sp³-hybridized carbons (Fsp3) is 0.500. The van der Waals surface area contributed by atoms with Gasteiger partial charge in [0.1, 0.15) is 0 Å². The van der Waals surface area contributed by atoms with Crippen molar-refractivity contribution in [2.45, 2.75) is 6.42 Å². The fourth-order valence-corrected chi connectivity index (χ4v) is 0.524. The molecule has 9 heavy (non-hydrogen) atoms. The van der Waals surface area contributed by atoms with Crippen LogP contribution in [0.2, 0.25) is 0 Å². The molecule has 0 spiro atoms. The Kier molecular flexibility index (Phi) is 4.61. The van der Waals surface area contributed by atoms with Crippen LogP contribution in [0, 0.1) is 0 Å². The molecular formula is C4H6O3S2. The van der Waals surface area contributed by atoms with Crippen molar-refractivity contribution in [3.8, 4) is 0 Å². The van der Waals surface area contributed by atoms with Gasteiger partial charge in [0.15, 0.2) is 0 Å². The highest BCUT2D eigenvalue weighted by Crippen LogP contribution is 1.92. The van der Waals surface area contributed by atoms with Gasteiger partial charge in [-0.1, -0.05) is 12.6 Å². The van der Waals surface area contributed by atoms with E-state index in [-0.39, 0.29) is 6.42 Å². The van der Waals surface area contributed by atoms with Gasteiger partial charge < -0.3 is 4.74 Å². The third kappa shape index (κ3) is 5.72. The molecular weight excluding hydrogens is 160 g/mol. The highest BCUT2D eigenvalue weighted by molar-refractivity contribution is 7.96. The van der Waals surface area contributed by atoms with Gasteiger partial charge >= 0.3 is 11.3 Å². The lowest BCUT2D eigenvalue weighted by Crippen LogP contribution is -2.06. The van der Waals surface area contributed by atoms with Gasteiger partial charge in [-0.2, -0.15) is 12.6 Å². The van der Waals surface area contributed by atoms with E-state index in [1.165, 1.54) is 0 Å². The Balaban J connectivity index is 3.39. The van der Waals surface area contributed by atoms with Crippen LogP contribution < -0.4 is 0 Å². The summed E-state index contributed by atoms with van der Waals surface area (Å²) in [4.78, 5) is 20.2. The van der Waals surface area contributed by atoms with Gasteiger partial charge in [-0.05, 0) is 0 Å². The van der Waals surface area contributed by atoms with Crippen molar-refractivity contribution < 1.29 is 14.3 Å². The monoisotopic (exact) mass is 166 g/mol. The summed E-state index contributed by atoms with van der Waals surface area (Å²) in [7, 11) is 0. The maximum Gasteiger partial charge on any atom is 0.371 e. The Morgan fingerprint density at radius 3 is 2.33 bits per heavy atom. The number of hydrogen-bond donors (Lipinski definition) is 2. The molecule has 0 bridgehead atoms. The van der Waals surface area contributed by atoms with Crippen LogP contribution >= 0.6 is 25.3 Å². The lowest BCUT2D eigenvalue weighted by Gasteiger charge is -1.93. The van der Waals surface area contributed by atoms with Crippen molar-refractivity contribution in [1.29, 1.82) is 0 Å². The van der Waals surface area contributed by atoms with E-state index in [1.54, 1.807) is 0 Å². The molecule has 0 saturated carbocycles. The number of esters is 1. The molecule has 5 heteroatoms. The number of carbonyl (C=O) groups excluding carboxylic acids is 2. The second-order valence-corrected chi connectivity index (χ2v) is 2.03. The van der Waals surface area contributed by atoms with E-state index in [2.05, 4.69) is 30.0 Å². The molecule has 52 valence electrons. The topological polar surface area (TPSA) is 43.4 Å². The molecule has 0 aromatic rings. The quantitative estimate of drug-likeness (QED) is 0.364. The van der Waals surface area contributed by atoms with Gasteiger partial charge in [-0.15, -0.1) is 0 Å². The first-order chi connectivity index (χ1) is 4.16. The Morgan fingerprint density at radius 1 is 1.44 bits per heavy atom. The SMILES string of the molecule is O=C(S)OC(=O)CCS. The summed E-state index contributed by atoms with van der Waals surface area (Å²) < 4.78 is 4.03. The highest BCUT2D eigenvalue weighted by atomic mass is 32.1. The molecule has 0 radical (unpaired) electrons. The van der Waals surface area contributed by atoms with E-state index in [9.17, 15) is 9.59 Å². The third-order valence-electron chi connectivity index (χ3n) is 0.517. The molecule has 0 aliphatic carbocycles. The molecule has 0 unspecified atom stereocenters. The summed E-state index contributed by atoms with van der Waals surface area (Å²) in [6.07, 6.45) is 0.134. The van der Waals surface area contributed by atoms with Crippen LogP contribution in [-0.2, 0) is 9.53 Å². The summed E-state index contributed by atoms with van der Waals surface area (Å²) in [6, 6.07) is 0. The zero-order valence-corrected chi connectivity index (χ0v) is 6.32. The Labute approximate surface area is 63.6 Å². The average Bonchev–Trinajstić information content (AvgIpc) is 1.63. The molecule has 0 N–H and O–H groups in total. The number of rotatable bonds is 2. The number of thiol groups is 2. The Bertz CT molecular complexity index is 123. The first kappa shape index (κ1) is 8.84. The summed E-state index contributed by atoms with van der Waals surface area (Å²) in [5.41, 5.74) is 0. The van der Waals surface area contributed by atoms with E-state index in [0.29, 0.717) is 5.75 Å². The second-order valence-electron chi connectivity index (χ2n) is 1.21. The minimum atomic E-state index is -0.873. The van der Waals surface area contributed by atoms with E-state index < -0.39 is 11.3 Å². The van der Waals surface area contributed by atoms with Crippen molar-refractivity contribution in [3.63, 3.8) is 0 Å². The van der Waals surface area contributed by atoms with Crippen molar-refractivity contribution >= 4 is 36.5 Å². The van der Waals surface area contributed by atoms with Gasteiger partial charge in [-0.3, -0.25) is 4.79 Å². The van der Waals surface area contributed by atoms with Crippen molar-refractivity contribution in [2.75, 3.05) is 5.75 Å². The Morgan fingerprint density at radius 2 is 2.00 bits per heavy atom. The van der Waals surface area contributed by atoms with Crippen molar-refractivity contribution in [2.24, 2.45) is 0 Å². The largest absolute Gasteiger partial charge is 0.385 e. The summed E-state index contributed by atoms with van der Waals surface area (Å²) in [5, 5.41) is -0.873. The zero-order chi connectivity index (χ0) is 7.28. The predicted octanol–water partition coefficient (Wildman–Crippen LogP) is 0.899. The molecule has 0 rings (SSSR count). The van der Waals surface area contributed by atoms with E-state index in [0.717, 1.165) is 0 Å². The first-order valence-electron chi connectivity index (χ1n) is 2.21.